The molecule has 3 rings (SSSR count). The second kappa shape index (κ2) is 9.00. The SMILES string of the molecule is C=CCOc1ccc2cc(C(=O)c3ccccc3)cc(CCNC(C)=O)c2c1. The summed E-state index contributed by atoms with van der Waals surface area (Å²) in [5.74, 6) is 0.654. The fourth-order valence-electron chi connectivity index (χ4n) is 3.13. The first kappa shape index (κ1) is 19.4. The maximum Gasteiger partial charge on any atom is 0.216 e. The number of hydrogen-bond donors (Lipinski definition) is 1. The number of rotatable bonds is 8. The molecule has 0 bridgehead atoms. The highest BCUT2D eigenvalue weighted by atomic mass is 16.5. The van der Waals surface area contributed by atoms with Gasteiger partial charge < -0.3 is 10.1 Å². The average Bonchev–Trinajstić information content (AvgIpc) is 2.72. The lowest BCUT2D eigenvalue weighted by molar-refractivity contribution is -0.118. The van der Waals surface area contributed by atoms with Gasteiger partial charge >= 0.3 is 0 Å². The molecule has 1 amide bonds. The Morgan fingerprint density at radius 1 is 1.04 bits per heavy atom. The molecule has 3 aromatic rings. The summed E-state index contributed by atoms with van der Waals surface area (Å²) in [4.78, 5) is 24.2. The van der Waals surface area contributed by atoms with Gasteiger partial charge in [0.2, 0.25) is 5.91 Å². The number of nitrogens with one attached hydrogen (secondary N) is 1. The Hall–Kier alpha value is -3.40. The van der Waals surface area contributed by atoms with Gasteiger partial charge in [-0.05, 0) is 47.0 Å². The van der Waals surface area contributed by atoms with E-state index >= 15 is 0 Å². The number of fused-ring (bicyclic) bond motifs is 1. The minimum Gasteiger partial charge on any atom is -0.490 e. The third-order valence-corrected chi connectivity index (χ3v) is 4.45. The molecule has 0 aliphatic carbocycles. The summed E-state index contributed by atoms with van der Waals surface area (Å²) < 4.78 is 5.65. The largest absolute Gasteiger partial charge is 0.490 e. The molecule has 4 heteroatoms. The highest BCUT2D eigenvalue weighted by Crippen LogP contribution is 2.27. The van der Waals surface area contributed by atoms with E-state index in [2.05, 4.69) is 11.9 Å². The fraction of sp³-hybridized carbons (Fsp3) is 0.167. The molecule has 0 unspecified atom stereocenters. The summed E-state index contributed by atoms with van der Waals surface area (Å²) in [6.07, 6.45) is 2.32. The number of hydrogen-bond acceptors (Lipinski definition) is 3. The Morgan fingerprint density at radius 2 is 1.82 bits per heavy atom. The molecule has 0 radical (unpaired) electrons. The van der Waals surface area contributed by atoms with E-state index in [0.29, 0.717) is 30.7 Å². The molecule has 4 nitrogen and oxygen atoms in total. The molecular weight excluding hydrogens is 350 g/mol. The van der Waals surface area contributed by atoms with Gasteiger partial charge in [-0.2, -0.15) is 0 Å². The van der Waals surface area contributed by atoms with Crippen molar-refractivity contribution in [1.82, 2.24) is 5.32 Å². The fourth-order valence-corrected chi connectivity index (χ4v) is 3.13. The topological polar surface area (TPSA) is 55.4 Å². The maximum absolute atomic E-state index is 12.9. The van der Waals surface area contributed by atoms with Gasteiger partial charge in [-0.25, -0.2) is 0 Å². The van der Waals surface area contributed by atoms with E-state index in [1.165, 1.54) is 6.92 Å². The van der Waals surface area contributed by atoms with Crippen LogP contribution in [0.5, 0.6) is 5.75 Å². The van der Waals surface area contributed by atoms with Crippen molar-refractivity contribution < 1.29 is 14.3 Å². The number of carbonyl (C=O) groups excluding carboxylic acids is 2. The van der Waals surface area contributed by atoms with Crippen LogP contribution >= 0.6 is 0 Å². The van der Waals surface area contributed by atoms with Gasteiger partial charge in [-0.15, -0.1) is 0 Å². The standard InChI is InChI=1S/C24H23NO3/c1-3-13-28-22-10-9-19-14-21(24(27)18-7-5-4-6-8-18)15-20(23(19)16-22)11-12-25-17(2)26/h3-10,14-16H,1,11-13H2,2H3,(H,25,26). The Bertz CT molecular complexity index is 1010. The number of benzene rings is 3. The summed E-state index contributed by atoms with van der Waals surface area (Å²) in [7, 11) is 0. The normalized spacial score (nSPS) is 10.5. The van der Waals surface area contributed by atoms with Crippen molar-refractivity contribution in [2.45, 2.75) is 13.3 Å². The number of carbonyl (C=O) groups is 2. The van der Waals surface area contributed by atoms with Crippen molar-refractivity contribution in [2.75, 3.05) is 13.2 Å². The van der Waals surface area contributed by atoms with Gasteiger partial charge in [0.05, 0.1) is 0 Å². The van der Waals surface area contributed by atoms with Crippen molar-refractivity contribution in [1.29, 1.82) is 0 Å². The zero-order valence-electron chi connectivity index (χ0n) is 15.9. The van der Waals surface area contributed by atoms with E-state index in [4.69, 9.17) is 4.74 Å². The first-order valence-corrected chi connectivity index (χ1v) is 9.23. The summed E-state index contributed by atoms with van der Waals surface area (Å²) in [6.45, 7) is 6.10. The molecule has 0 aromatic heterocycles. The van der Waals surface area contributed by atoms with E-state index in [-0.39, 0.29) is 11.7 Å². The first-order valence-electron chi connectivity index (χ1n) is 9.23. The Balaban J connectivity index is 2.02. The lowest BCUT2D eigenvalue weighted by Crippen LogP contribution is -2.22. The van der Waals surface area contributed by atoms with Gasteiger partial charge in [0.1, 0.15) is 12.4 Å². The van der Waals surface area contributed by atoms with Crippen LogP contribution in [0.25, 0.3) is 10.8 Å². The second-order valence-electron chi connectivity index (χ2n) is 6.55. The number of amides is 1. The van der Waals surface area contributed by atoms with Gasteiger partial charge in [0.25, 0.3) is 0 Å². The third-order valence-electron chi connectivity index (χ3n) is 4.45. The van der Waals surface area contributed by atoms with Crippen molar-refractivity contribution in [3.63, 3.8) is 0 Å². The molecule has 142 valence electrons. The third kappa shape index (κ3) is 4.65. The molecule has 0 aliphatic rings. The van der Waals surface area contributed by atoms with Crippen LogP contribution in [-0.4, -0.2) is 24.8 Å². The summed E-state index contributed by atoms with van der Waals surface area (Å²) in [6, 6.07) is 18.9. The molecule has 0 heterocycles. The van der Waals surface area contributed by atoms with Gasteiger partial charge in [0, 0.05) is 24.6 Å². The van der Waals surface area contributed by atoms with Gasteiger partial charge in [-0.3, -0.25) is 9.59 Å². The zero-order valence-corrected chi connectivity index (χ0v) is 15.9. The van der Waals surface area contributed by atoms with Crippen LogP contribution < -0.4 is 10.1 Å². The van der Waals surface area contributed by atoms with Crippen LogP contribution in [0.15, 0.2) is 73.3 Å². The predicted octanol–water partition coefficient (Wildman–Crippen LogP) is 4.31. The minimum atomic E-state index is -0.0733. The predicted molar refractivity (Wildman–Crippen MR) is 112 cm³/mol. The van der Waals surface area contributed by atoms with Gasteiger partial charge in [-0.1, -0.05) is 49.1 Å². The number of ether oxygens (including phenoxy) is 1. The first-order chi connectivity index (χ1) is 13.6. The second-order valence-corrected chi connectivity index (χ2v) is 6.55. The Kier molecular flexibility index (Phi) is 6.22. The smallest absolute Gasteiger partial charge is 0.216 e. The zero-order chi connectivity index (χ0) is 19.9. The molecule has 0 saturated heterocycles. The highest BCUT2D eigenvalue weighted by Gasteiger charge is 2.13. The minimum absolute atomic E-state index is 0.0183. The molecule has 0 saturated carbocycles. The monoisotopic (exact) mass is 373 g/mol. The van der Waals surface area contributed by atoms with E-state index in [0.717, 1.165) is 22.1 Å². The molecule has 28 heavy (non-hydrogen) atoms. The van der Waals surface area contributed by atoms with Crippen molar-refractivity contribution >= 4 is 22.5 Å². The van der Waals surface area contributed by atoms with E-state index in [9.17, 15) is 9.59 Å². The van der Waals surface area contributed by atoms with Crippen LogP contribution in [-0.2, 0) is 11.2 Å². The molecule has 3 aromatic carbocycles. The van der Waals surface area contributed by atoms with Crippen LogP contribution in [0.2, 0.25) is 0 Å². The van der Waals surface area contributed by atoms with E-state index < -0.39 is 0 Å². The van der Waals surface area contributed by atoms with E-state index in [1.807, 2.05) is 60.7 Å². The Morgan fingerprint density at radius 3 is 2.54 bits per heavy atom. The average molecular weight is 373 g/mol. The molecule has 0 spiro atoms. The van der Waals surface area contributed by atoms with Crippen LogP contribution in [0.4, 0.5) is 0 Å². The van der Waals surface area contributed by atoms with Gasteiger partial charge in [0.15, 0.2) is 5.78 Å². The molecule has 0 aliphatic heterocycles. The van der Waals surface area contributed by atoms with E-state index in [1.54, 1.807) is 6.08 Å². The van der Waals surface area contributed by atoms with Crippen LogP contribution in [0.1, 0.15) is 28.4 Å². The molecule has 0 atom stereocenters. The molecule has 0 fully saturated rings. The molecular formula is C24H23NO3. The Labute approximate surface area is 164 Å². The van der Waals surface area contributed by atoms with Crippen molar-refractivity contribution in [3.05, 3.63) is 90.0 Å². The summed E-state index contributed by atoms with van der Waals surface area (Å²) in [5, 5.41) is 4.79. The number of ketones is 1. The van der Waals surface area contributed by atoms with Crippen molar-refractivity contribution in [2.24, 2.45) is 0 Å². The lowest BCUT2D eigenvalue weighted by Gasteiger charge is -2.12. The summed E-state index contributed by atoms with van der Waals surface area (Å²) >= 11 is 0. The summed E-state index contributed by atoms with van der Waals surface area (Å²) in [5.41, 5.74) is 2.28. The van der Waals surface area contributed by atoms with Crippen LogP contribution in [0.3, 0.4) is 0 Å². The quantitative estimate of drug-likeness (QED) is 0.473. The maximum atomic E-state index is 12.9. The lowest BCUT2D eigenvalue weighted by atomic mass is 9.94. The molecule has 1 N–H and O–H groups in total. The van der Waals surface area contributed by atoms with Crippen LogP contribution in [0, 0.1) is 0 Å². The highest BCUT2D eigenvalue weighted by molar-refractivity contribution is 6.11. The van der Waals surface area contributed by atoms with Crippen molar-refractivity contribution in [3.8, 4) is 5.75 Å².